The summed E-state index contributed by atoms with van der Waals surface area (Å²) in [6.07, 6.45) is 5.29. The maximum absolute atomic E-state index is 11.8. The van der Waals surface area contributed by atoms with E-state index >= 15 is 0 Å². The number of hydrogen-bond acceptors (Lipinski definition) is 4. The fraction of sp³-hybridized carbons (Fsp3) is 0.714. The molecule has 1 heterocycles. The van der Waals surface area contributed by atoms with Crippen molar-refractivity contribution >= 4 is 17.4 Å². The van der Waals surface area contributed by atoms with Gasteiger partial charge >= 0.3 is 6.03 Å². The summed E-state index contributed by atoms with van der Waals surface area (Å²) in [6, 6.07) is -0.235. The van der Waals surface area contributed by atoms with Crippen molar-refractivity contribution in [3.63, 3.8) is 0 Å². The molecule has 0 aliphatic heterocycles. The number of aliphatic hydroxyl groups is 1. The molecule has 3 N–H and O–H groups in total. The molecule has 0 saturated heterocycles. The number of hydrogen-bond donors (Lipinski definition) is 3. The Hall–Kier alpha value is -1.14. The van der Waals surface area contributed by atoms with Crippen LogP contribution < -0.4 is 10.6 Å². The molecular formula is C14H23N3O2S. The van der Waals surface area contributed by atoms with E-state index in [9.17, 15) is 9.90 Å². The van der Waals surface area contributed by atoms with Crippen molar-refractivity contribution in [2.24, 2.45) is 5.92 Å². The van der Waals surface area contributed by atoms with Crippen LogP contribution in [0.2, 0.25) is 0 Å². The molecule has 5 nitrogen and oxygen atoms in total. The van der Waals surface area contributed by atoms with Gasteiger partial charge in [0.1, 0.15) is 5.01 Å². The van der Waals surface area contributed by atoms with E-state index in [-0.39, 0.29) is 18.2 Å². The van der Waals surface area contributed by atoms with Crippen LogP contribution in [0.25, 0.3) is 0 Å². The van der Waals surface area contributed by atoms with Crippen molar-refractivity contribution in [2.75, 3.05) is 6.54 Å². The molecule has 2 amide bonds. The summed E-state index contributed by atoms with van der Waals surface area (Å²) in [7, 11) is 0. The highest BCUT2D eigenvalue weighted by atomic mass is 32.1. The predicted octanol–water partition coefficient (Wildman–Crippen LogP) is 2.23. The maximum atomic E-state index is 11.8. The van der Waals surface area contributed by atoms with Gasteiger partial charge in [0.2, 0.25) is 0 Å². The normalized spacial score (nSPS) is 23.6. The van der Waals surface area contributed by atoms with Crippen molar-refractivity contribution in [3.8, 4) is 0 Å². The molecule has 0 unspecified atom stereocenters. The minimum atomic E-state index is -0.188. The zero-order valence-electron chi connectivity index (χ0n) is 12.1. The Labute approximate surface area is 123 Å². The molecule has 1 saturated carbocycles. The number of nitrogens with one attached hydrogen (secondary N) is 2. The number of carbonyl (C=O) groups excluding carboxylic acids is 1. The van der Waals surface area contributed by atoms with E-state index in [4.69, 9.17) is 0 Å². The Balaban J connectivity index is 1.73. The van der Waals surface area contributed by atoms with Crippen LogP contribution in [0.1, 0.15) is 49.0 Å². The summed E-state index contributed by atoms with van der Waals surface area (Å²) in [6.45, 7) is 4.67. The summed E-state index contributed by atoms with van der Waals surface area (Å²) >= 11 is 1.64. The van der Waals surface area contributed by atoms with Crippen molar-refractivity contribution < 1.29 is 9.90 Å². The number of amides is 2. The monoisotopic (exact) mass is 297 g/mol. The second kappa shape index (κ2) is 7.04. The minimum Gasteiger partial charge on any atom is -0.393 e. The molecular weight excluding hydrogens is 274 g/mol. The average molecular weight is 297 g/mol. The quantitative estimate of drug-likeness (QED) is 0.780. The van der Waals surface area contributed by atoms with Crippen LogP contribution in [0.5, 0.6) is 0 Å². The van der Waals surface area contributed by atoms with Crippen LogP contribution in [0.4, 0.5) is 4.79 Å². The average Bonchev–Trinajstić information content (AvgIpc) is 3.05. The molecule has 1 aromatic rings. The van der Waals surface area contributed by atoms with Gasteiger partial charge < -0.3 is 15.7 Å². The lowest BCUT2D eigenvalue weighted by Crippen LogP contribution is -2.39. The first-order valence-corrected chi connectivity index (χ1v) is 8.07. The molecule has 1 aromatic heterocycles. The van der Waals surface area contributed by atoms with Crippen LogP contribution >= 0.6 is 11.3 Å². The fourth-order valence-corrected chi connectivity index (χ4v) is 3.33. The number of aryl methyl sites for hydroxylation is 1. The molecule has 3 atom stereocenters. The van der Waals surface area contributed by atoms with Gasteiger partial charge in [-0.3, -0.25) is 0 Å². The summed E-state index contributed by atoms with van der Waals surface area (Å²) in [5.74, 6) is 0.401. The molecule has 20 heavy (non-hydrogen) atoms. The van der Waals surface area contributed by atoms with Crippen LogP contribution in [-0.2, 0) is 6.42 Å². The van der Waals surface area contributed by atoms with Crippen molar-refractivity contribution in [1.29, 1.82) is 0 Å². The third-order valence-corrected chi connectivity index (χ3v) is 5.03. The fourth-order valence-electron chi connectivity index (χ4n) is 2.47. The number of urea groups is 1. The minimum absolute atomic E-state index is 0.0746. The summed E-state index contributed by atoms with van der Waals surface area (Å²) in [5.41, 5.74) is 0. The zero-order chi connectivity index (χ0) is 14.5. The van der Waals surface area contributed by atoms with E-state index in [1.165, 1.54) is 4.88 Å². The first-order valence-electron chi connectivity index (χ1n) is 7.25. The van der Waals surface area contributed by atoms with Crippen LogP contribution in [0.3, 0.4) is 0 Å². The summed E-state index contributed by atoms with van der Waals surface area (Å²) in [5, 5.41) is 16.2. The molecule has 112 valence electrons. The lowest BCUT2D eigenvalue weighted by molar-refractivity contribution is 0.177. The highest BCUT2D eigenvalue weighted by Gasteiger charge is 2.23. The van der Waals surface area contributed by atoms with E-state index in [0.717, 1.165) is 30.7 Å². The van der Waals surface area contributed by atoms with Gasteiger partial charge in [-0.05, 0) is 38.5 Å². The summed E-state index contributed by atoms with van der Waals surface area (Å²) < 4.78 is 0. The number of aliphatic hydroxyl groups excluding tert-OH is 1. The third-order valence-electron chi connectivity index (χ3n) is 3.70. The van der Waals surface area contributed by atoms with Gasteiger partial charge in [-0.1, -0.05) is 6.92 Å². The van der Waals surface area contributed by atoms with Crippen LogP contribution in [-0.4, -0.2) is 28.8 Å². The summed E-state index contributed by atoms with van der Waals surface area (Å²) in [4.78, 5) is 17.4. The number of aromatic nitrogens is 1. The maximum Gasteiger partial charge on any atom is 0.315 e. The number of nitrogens with zero attached hydrogens (tertiary/aromatic N) is 1. The Kier molecular flexibility index (Phi) is 5.37. The van der Waals surface area contributed by atoms with Gasteiger partial charge in [0.25, 0.3) is 0 Å². The zero-order valence-corrected chi connectivity index (χ0v) is 12.9. The van der Waals surface area contributed by atoms with Gasteiger partial charge in [-0.2, -0.15) is 0 Å². The van der Waals surface area contributed by atoms with Crippen molar-refractivity contribution in [3.05, 3.63) is 16.1 Å². The van der Waals surface area contributed by atoms with Gasteiger partial charge in [-0.15, -0.1) is 11.3 Å². The second-order valence-electron chi connectivity index (χ2n) is 5.43. The molecule has 1 aliphatic rings. The van der Waals surface area contributed by atoms with Crippen molar-refractivity contribution in [1.82, 2.24) is 15.6 Å². The molecule has 1 aliphatic carbocycles. The topological polar surface area (TPSA) is 74.2 Å². The molecule has 6 heteroatoms. The highest BCUT2D eigenvalue weighted by Crippen LogP contribution is 2.24. The first kappa shape index (κ1) is 15.3. The van der Waals surface area contributed by atoms with Crippen LogP contribution in [0.15, 0.2) is 6.20 Å². The Morgan fingerprint density at radius 2 is 2.40 bits per heavy atom. The number of rotatable bonds is 5. The molecule has 0 spiro atoms. The Morgan fingerprint density at radius 3 is 3.00 bits per heavy atom. The molecule has 0 bridgehead atoms. The van der Waals surface area contributed by atoms with Gasteiger partial charge in [-0.25, -0.2) is 9.78 Å². The Bertz CT molecular complexity index is 449. The standard InChI is InChI=1S/C14H23N3O2S/c1-3-12-8-15-13(20-12)9(2)17-14(19)16-7-10-4-5-11(18)6-10/h8-11,18H,3-7H2,1-2H3,(H2,16,17,19)/t9-,10-,11+/m0/s1. The smallest absolute Gasteiger partial charge is 0.315 e. The highest BCUT2D eigenvalue weighted by molar-refractivity contribution is 7.11. The SMILES string of the molecule is CCc1cnc([C@H](C)NC(=O)NC[C@H]2CC[C@@H](O)C2)s1. The first-order chi connectivity index (χ1) is 9.58. The third kappa shape index (κ3) is 4.18. The van der Waals surface area contributed by atoms with Crippen LogP contribution in [0, 0.1) is 5.92 Å². The van der Waals surface area contributed by atoms with E-state index < -0.39 is 0 Å². The van der Waals surface area contributed by atoms with Gasteiger partial charge in [0.05, 0.1) is 12.1 Å². The van der Waals surface area contributed by atoms with E-state index in [2.05, 4.69) is 22.5 Å². The lowest BCUT2D eigenvalue weighted by atomic mass is 10.1. The second-order valence-corrected chi connectivity index (χ2v) is 6.57. The Morgan fingerprint density at radius 1 is 1.60 bits per heavy atom. The van der Waals surface area contributed by atoms with E-state index in [1.54, 1.807) is 11.3 Å². The number of carbonyl (C=O) groups is 1. The van der Waals surface area contributed by atoms with Gasteiger partial charge in [0, 0.05) is 17.6 Å². The number of thiazole rings is 1. The molecule has 0 radical (unpaired) electrons. The van der Waals surface area contributed by atoms with E-state index in [0.29, 0.717) is 12.5 Å². The van der Waals surface area contributed by atoms with E-state index in [1.807, 2.05) is 13.1 Å². The largest absolute Gasteiger partial charge is 0.393 e. The molecule has 1 fully saturated rings. The lowest BCUT2D eigenvalue weighted by Gasteiger charge is -2.14. The van der Waals surface area contributed by atoms with Crippen molar-refractivity contribution in [2.45, 2.75) is 51.7 Å². The predicted molar refractivity (Wildman–Crippen MR) is 79.8 cm³/mol. The molecule has 0 aromatic carbocycles. The molecule has 2 rings (SSSR count). The van der Waals surface area contributed by atoms with Gasteiger partial charge in [0.15, 0.2) is 0 Å².